The zero-order chi connectivity index (χ0) is 20.3. The summed E-state index contributed by atoms with van der Waals surface area (Å²) in [6.45, 7) is 4.75. The van der Waals surface area contributed by atoms with Crippen molar-refractivity contribution in [1.29, 1.82) is 0 Å². The van der Waals surface area contributed by atoms with Gasteiger partial charge in [-0.3, -0.25) is 14.3 Å². The average Bonchev–Trinajstić information content (AvgIpc) is 2.94. The Morgan fingerprint density at radius 3 is 2.54 bits per heavy atom. The second-order valence-electron chi connectivity index (χ2n) is 6.88. The average molecular weight is 428 g/mol. The molecule has 2 N–H and O–H groups in total. The van der Waals surface area contributed by atoms with Crippen LogP contribution in [0.2, 0.25) is 0 Å². The van der Waals surface area contributed by atoms with E-state index in [2.05, 4.69) is 6.58 Å². The van der Waals surface area contributed by atoms with Gasteiger partial charge in [0.05, 0.1) is 22.5 Å². The molecule has 0 saturated carbocycles. The number of unbranched alkanes of at least 4 members (excludes halogenated alkanes) is 5. The molecular formula is C18H32N2NaO6S+. The molecule has 1 heterocycles. The number of rotatable bonds is 15. The third-order valence-electron chi connectivity index (χ3n) is 4.50. The maximum Gasteiger partial charge on any atom is 1.00 e. The standard InChI is InChI=1S/C18H32N2O6S.Na/c1-2-3-4-5-6-7-8-9-17(23)18-19(12-13-21)10-11-20(18)14-16(22)15-27(24,25)26;/h2,16,21-22H,1,3-15H2;/q;+1. The van der Waals surface area contributed by atoms with E-state index in [4.69, 9.17) is 0 Å². The molecular weight excluding hydrogens is 395 g/mol. The largest absolute Gasteiger partial charge is 1.00 e. The number of amidine groups is 1. The van der Waals surface area contributed by atoms with Crippen molar-refractivity contribution >= 4 is 21.7 Å². The number of ketones is 1. The third-order valence-corrected chi connectivity index (χ3v) is 5.29. The molecule has 0 bridgehead atoms. The predicted octanol–water partition coefficient (Wildman–Crippen LogP) is -2.90. The smallest absolute Gasteiger partial charge is 0.748 e. The van der Waals surface area contributed by atoms with Crippen molar-refractivity contribution in [1.82, 2.24) is 4.90 Å². The van der Waals surface area contributed by atoms with Crippen LogP contribution in [-0.2, 0) is 14.9 Å². The molecule has 0 aromatic carbocycles. The number of carbonyl (C=O) groups excluding carboxylic acids is 1. The van der Waals surface area contributed by atoms with Crippen LogP contribution in [0, 0.1) is 0 Å². The number of allylic oxidation sites excluding steroid dienone is 1. The number of hydrogen-bond donors (Lipinski definition) is 2. The first kappa shape index (κ1) is 27.7. The van der Waals surface area contributed by atoms with Gasteiger partial charge in [-0.15, -0.1) is 6.58 Å². The summed E-state index contributed by atoms with van der Waals surface area (Å²) < 4.78 is 34.1. The fourth-order valence-electron chi connectivity index (χ4n) is 3.28. The summed E-state index contributed by atoms with van der Waals surface area (Å²) >= 11 is 0. The SMILES string of the molecule is C=CCCCCCCCC(=O)C1=[N+](CC(O)CS(=O)(=O)[O-])CCN1CCO.[Na+]. The van der Waals surface area contributed by atoms with E-state index in [9.17, 15) is 28.0 Å². The normalized spacial score (nSPS) is 15.5. The van der Waals surface area contributed by atoms with E-state index in [0.717, 1.165) is 38.5 Å². The van der Waals surface area contributed by atoms with Crippen LogP contribution >= 0.6 is 0 Å². The summed E-state index contributed by atoms with van der Waals surface area (Å²) in [7, 11) is -4.53. The molecule has 0 spiro atoms. The van der Waals surface area contributed by atoms with Crippen molar-refractivity contribution in [2.24, 2.45) is 0 Å². The Hall–Kier alpha value is -0.290. The Labute approximate surface area is 190 Å². The van der Waals surface area contributed by atoms with Crippen molar-refractivity contribution < 1.29 is 62.1 Å². The molecule has 8 nitrogen and oxygen atoms in total. The zero-order valence-electron chi connectivity index (χ0n) is 16.9. The van der Waals surface area contributed by atoms with Crippen LogP contribution in [0.15, 0.2) is 12.7 Å². The van der Waals surface area contributed by atoms with Gasteiger partial charge >= 0.3 is 35.4 Å². The molecule has 0 saturated heterocycles. The quantitative estimate of drug-likeness (QED) is 0.0946. The first-order valence-corrected chi connectivity index (χ1v) is 11.1. The number of hydrogen-bond acceptors (Lipinski definition) is 7. The Kier molecular flexibility index (Phi) is 14.5. The van der Waals surface area contributed by atoms with Crippen molar-refractivity contribution in [2.75, 3.05) is 38.5 Å². The Balaban J connectivity index is 0.00000729. The van der Waals surface area contributed by atoms with Crippen LogP contribution in [0.1, 0.15) is 44.9 Å². The molecule has 0 aliphatic carbocycles. The Morgan fingerprint density at radius 2 is 1.93 bits per heavy atom. The van der Waals surface area contributed by atoms with Gasteiger partial charge in [-0.05, 0) is 19.3 Å². The van der Waals surface area contributed by atoms with E-state index in [-0.39, 0.29) is 48.5 Å². The second-order valence-corrected chi connectivity index (χ2v) is 8.33. The molecule has 10 heteroatoms. The molecule has 156 valence electrons. The van der Waals surface area contributed by atoms with Crippen LogP contribution in [-0.4, -0.2) is 88.9 Å². The maximum atomic E-state index is 12.7. The number of carbonyl (C=O) groups is 1. The van der Waals surface area contributed by atoms with Crippen LogP contribution in [0.3, 0.4) is 0 Å². The van der Waals surface area contributed by atoms with Gasteiger partial charge in [0.1, 0.15) is 32.3 Å². The minimum Gasteiger partial charge on any atom is -0.748 e. The molecule has 1 aliphatic heterocycles. The predicted molar refractivity (Wildman–Crippen MR) is 102 cm³/mol. The van der Waals surface area contributed by atoms with Crippen LogP contribution in [0.25, 0.3) is 0 Å². The van der Waals surface area contributed by atoms with Crippen LogP contribution in [0.4, 0.5) is 0 Å². The number of β-amino-alcohol motifs (C(OH)–C–C–N with tert-alkyl or cyclic N) is 2. The molecule has 0 amide bonds. The van der Waals surface area contributed by atoms with Gasteiger partial charge in [-0.25, -0.2) is 8.42 Å². The number of nitrogens with zero attached hydrogens (tertiary/aromatic N) is 2. The van der Waals surface area contributed by atoms with E-state index < -0.39 is 22.0 Å². The third kappa shape index (κ3) is 11.0. The Morgan fingerprint density at radius 1 is 1.29 bits per heavy atom. The molecule has 0 aromatic rings. The number of aliphatic hydroxyl groups excluding tert-OH is 2. The summed E-state index contributed by atoms with van der Waals surface area (Å²) in [6.07, 6.45) is 6.89. The van der Waals surface area contributed by atoms with Gasteiger partial charge in [0, 0.05) is 6.42 Å². The zero-order valence-corrected chi connectivity index (χ0v) is 19.7. The van der Waals surface area contributed by atoms with Crippen LogP contribution in [0.5, 0.6) is 0 Å². The summed E-state index contributed by atoms with van der Waals surface area (Å²) in [5.41, 5.74) is 0. The molecule has 1 rings (SSSR count). The molecule has 1 atom stereocenters. The van der Waals surface area contributed by atoms with Crippen molar-refractivity contribution in [3.8, 4) is 0 Å². The van der Waals surface area contributed by atoms with Crippen molar-refractivity contribution in [3.05, 3.63) is 12.7 Å². The van der Waals surface area contributed by atoms with E-state index in [1.54, 1.807) is 9.48 Å². The molecule has 28 heavy (non-hydrogen) atoms. The van der Waals surface area contributed by atoms with Gasteiger partial charge in [0.25, 0.3) is 0 Å². The molecule has 0 aromatic heterocycles. The molecule has 0 fully saturated rings. The molecule has 0 radical (unpaired) electrons. The van der Waals surface area contributed by atoms with E-state index in [1.165, 1.54) is 0 Å². The summed E-state index contributed by atoms with van der Waals surface area (Å²) in [5, 5.41) is 19.1. The molecule has 1 aliphatic rings. The monoisotopic (exact) mass is 427 g/mol. The van der Waals surface area contributed by atoms with Gasteiger partial charge < -0.3 is 14.8 Å². The van der Waals surface area contributed by atoms with Crippen molar-refractivity contribution in [3.63, 3.8) is 0 Å². The van der Waals surface area contributed by atoms with Crippen LogP contribution < -0.4 is 29.6 Å². The Bertz CT molecular complexity index is 624. The summed E-state index contributed by atoms with van der Waals surface area (Å²) in [6, 6.07) is 0. The van der Waals surface area contributed by atoms with Gasteiger partial charge in [-0.2, -0.15) is 0 Å². The minimum atomic E-state index is -4.53. The topological polar surface area (TPSA) is 121 Å². The van der Waals surface area contributed by atoms with Gasteiger partial charge in [0.15, 0.2) is 0 Å². The summed E-state index contributed by atoms with van der Waals surface area (Å²) in [5.74, 6) is -0.558. The number of aliphatic hydroxyl groups is 2. The maximum absolute atomic E-state index is 12.7. The van der Waals surface area contributed by atoms with E-state index >= 15 is 0 Å². The van der Waals surface area contributed by atoms with E-state index in [1.807, 2.05) is 6.08 Å². The summed E-state index contributed by atoms with van der Waals surface area (Å²) in [4.78, 5) is 14.4. The first-order chi connectivity index (χ1) is 12.8. The van der Waals surface area contributed by atoms with Crippen molar-refractivity contribution in [2.45, 2.75) is 51.0 Å². The molecule has 1 unspecified atom stereocenters. The van der Waals surface area contributed by atoms with Gasteiger partial charge in [0.2, 0.25) is 5.78 Å². The number of Topliss-reactive ketones (excluding diaryl/α,β-unsaturated/α-hetero) is 1. The van der Waals surface area contributed by atoms with E-state index in [0.29, 0.717) is 31.9 Å². The van der Waals surface area contributed by atoms with Gasteiger partial charge in [-0.1, -0.05) is 25.3 Å². The first-order valence-electron chi connectivity index (χ1n) is 9.52. The fourth-order valence-corrected chi connectivity index (χ4v) is 3.86. The second kappa shape index (κ2) is 14.7. The minimum absolute atomic E-state index is 0. The fraction of sp³-hybridized carbons (Fsp3) is 0.778.